The fourth-order valence-corrected chi connectivity index (χ4v) is 2.05. The highest BCUT2D eigenvalue weighted by Crippen LogP contribution is 2.14. The monoisotopic (exact) mass is 453 g/mol. The highest BCUT2D eigenvalue weighted by Gasteiger charge is 2.08. The van der Waals surface area contributed by atoms with Gasteiger partial charge in [0.05, 0.1) is 25.0 Å². The molecular weight excluding hydrogens is 433 g/mol. The van der Waals surface area contributed by atoms with Crippen LogP contribution in [0.3, 0.4) is 0 Å². The molecule has 3 aromatic heterocycles. The van der Waals surface area contributed by atoms with Gasteiger partial charge < -0.3 is 15.1 Å². The van der Waals surface area contributed by atoms with Crippen molar-refractivity contribution in [2.45, 2.75) is 20.0 Å². The van der Waals surface area contributed by atoms with Crippen molar-refractivity contribution in [1.29, 1.82) is 0 Å². The van der Waals surface area contributed by atoms with E-state index in [0.717, 1.165) is 12.2 Å². The molecule has 0 atom stereocenters. The van der Waals surface area contributed by atoms with Crippen molar-refractivity contribution in [2.75, 3.05) is 6.54 Å². The van der Waals surface area contributed by atoms with E-state index in [4.69, 9.17) is 4.42 Å². The average Bonchev–Trinajstić information content (AvgIpc) is 3.29. The molecule has 0 bridgehead atoms. The molecule has 3 N–H and O–H groups in total. The normalized spacial score (nSPS) is 11.0. The van der Waals surface area contributed by atoms with E-state index in [9.17, 15) is 0 Å². The third kappa shape index (κ3) is 5.55. The summed E-state index contributed by atoms with van der Waals surface area (Å²) in [6.07, 6.45) is 3.35. The van der Waals surface area contributed by atoms with Gasteiger partial charge in [-0.05, 0) is 31.2 Å². The van der Waals surface area contributed by atoms with Gasteiger partial charge in [0.15, 0.2) is 11.7 Å². The van der Waals surface area contributed by atoms with Crippen LogP contribution < -0.4 is 10.6 Å². The van der Waals surface area contributed by atoms with Crippen molar-refractivity contribution in [3.05, 3.63) is 54.3 Å². The summed E-state index contributed by atoms with van der Waals surface area (Å²) in [4.78, 5) is 13.2. The lowest BCUT2D eigenvalue weighted by molar-refractivity contribution is 0.577. The van der Waals surface area contributed by atoms with Crippen LogP contribution >= 0.6 is 24.0 Å². The summed E-state index contributed by atoms with van der Waals surface area (Å²) in [7, 11) is 0. The standard InChI is InChI=1S/C16H19N7O.HI/c1-2-17-16(19-10-12-6-3-4-8-18-12)20-11-14-21-15(23-22-14)13-7-5-9-24-13;/h3-9H,2,10-11H2,1H3,(H2,17,19,20)(H,21,22,23);1H. The van der Waals surface area contributed by atoms with Gasteiger partial charge in [0.1, 0.15) is 5.82 Å². The summed E-state index contributed by atoms with van der Waals surface area (Å²) in [5.74, 6) is 2.56. The second kappa shape index (κ2) is 9.77. The number of aromatic amines is 1. The number of rotatable bonds is 6. The number of aliphatic imine (C=N–C) groups is 1. The van der Waals surface area contributed by atoms with Crippen LogP contribution in [-0.2, 0) is 13.1 Å². The first-order valence-corrected chi connectivity index (χ1v) is 7.72. The van der Waals surface area contributed by atoms with E-state index < -0.39 is 0 Å². The van der Waals surface area contributed by atoms with E-state index in [1.165, 1.54) is 0 Å². The molecule has 3 heterocycles. The van der Waals surface area contributed by atoms with Gasteiger partial charge in [-0.2, -0.15) is 0 Å². The molecule has 0 spiro atoms. The fourth-order valence-electron chi connectivity index (χ4n) is 2.05. The van der Waals surface area contributed by atoms with Crippen LogP contribution in [0, 0.1) is 0 Å². The largest absolute Gasteiger partial charge is 0.461 e. The van der Waals surface area contributed by atoms with Crippen LogP contribution in [0.15, 0.2) is 52.2 Å². The Morgan fingerprint density at radius 1 is 1.24 bits per heavy atom. The number of H-pyrrole nitrogens is 1. The van der Waals surface area contributed by atoms with Crippen molar-refractivity contribution in [3.63, 3.8) is 0 Å². The predicted octanol–water partition coefficient (Wildman–Crippen LogP) is 2.33. The maximum Gasteiger partial charge on any atom is 0.216 e. The Morgan fingerprint density at radius 3 is 2.88 bits per heavy atom. The molecule has 0 aliphatic carbocycles. The molecule has 3 rings (SSSR count). The lowest BCUT2D eigenvalue weighted by Gasteiger charge is -2.09. The topological polar surface area (TPSA) is 104 Å². The molecule has 0 amide bonds. The van der Waals surface area contributed by atoms with E-state index >= 15 is 0 Å². The van der Waals surface area contributed by atoms with Gasteiger partial charge in [0, 0.05) is 12.7 Å². The number of hydrogen-bond donors (Lipinski definition) is 3. The lowest BCUT2D eigenvalue weighted by atomic mass is 10.3. The number of pyridine rings is 1. The molecular formula is C16H20IN7O. The summed E-state index contributed by atoms with van der Waals surface area (Å²) in [6, 6.07) is 9.40. The Balaban J connectivity index is 0.00000225. The summed E-state index contributed by atoms with van der Waals surface area (Å²) >= 11 is 0. The number of aromatic nitrogens is 4. The van der Waals surface area contributed by atoms with Crippen molar-refractivity contribution in [3.8, 4) is 11.6 Å². The Hall–Kier alpha value is -2.43. The summed E-state index contributed by atoms with van der Waals surface area (Å²) in [5.41, 5.74) is 0.912. The molecule has 0 aliphatic heterocycles. The van der Waals surface area contributed by atoms with Gasteiger partial charge in [-0.25, -0.2) is 9.98 Å². The van der Waals surface area contributed by atoms with Crippen molar-refractivity contribution < 1.29 is 4.42 Å². The number of nitrogens with one attached hydrogen (secondary N) is 3. The average molecular weight is 453 g/mol. The maximum atomic E-state index is 5.28. The number of guanidine groups is 1. The van der Waals surface area contributed by atoms with Crippen LogP contribution in [0.1, 0.15) is 18.4 Å². The SMILES string of the molecule is CCNC(=NCc1ccccn1)NCc1nc(-c2ccco2)n[nH]1.I. The number of halogens is 1. The third-order valence-corrected chi connectivity index (χ3v) is 3.17. The van der Waals surface area contributed by atoms with Gasteiger partial charge in [0.25, 0.3) is 0 Å². The zero-order chi connectivity index (χ0) is 16.6. The van der Waals surface area contributed by atoms with Gasteiger partial charge >= 0.3 is 0 Å². The predicted molar refractivity (Wildman–Crippen MR) is 105 cm³/mol. The molecule has 132 valence electrons. The van der Waals surface area contributed by atoms with Crippen molar-refractivity contribution in [2.24, 2.45) is 4.99 Å². The molecule has 0 radical (unpaired) electrons. The smallest absolute Gasteiger partial charge is 0.216 e. The number of hydrogen-bond acceptors (Lipinski definition) is 5. The van der Waals surface area contributed by atoms with E-state index in [1.54, 1.807) is 18.5 Å². The molecule has 0 aromatic carbocycles. The van der Waals surface area contributed by atoms with Gasteiger partial charge in [-0.3, -0.25) is 10.1 Å². The zero-order valence-corrected chi connectivity index (χ0v) is 16.1. The van der Waals surface area contributed by atoms with Crippen LogP contribution in [0.4, 0.5) is 0 Å². The van der Waals surface area contributed by atoms with E-state index in [2.05, 4.69) is 35.8 Å². The zero-order valence-electron chi connectivity index (χ0n) is 13.8. The quantitative estimate of drug-likeness (QED) is 0.301. The van der Waals surface area contributed by atoms with Gasteiger partial charge in [0.2, 0.25) is 5.82 Å². The highest BCUT2D eigenvalue weighted by molar-refractivity contribution is 14.0. The molecule has 0 fully saturated rings. The van der Waals surface area contributed by atoms with Gasteiger partial charge in [-0.15, -0.1) is 29.1 Å². The minimum atomic E-state index is 0. The van der Waals surface area contributed by atoms with Gasteiger partial charge in [-0.1, -0.05) is 6.07 Å². The van der Waals surface area contributed by atoms with Crippen LogP contribution in [0.5, 0.6) is 0 Å². The minimum Gasteiger partial charge on any atom is -0.461 e. The number of nitrogens with zero attached hydrogens (tertiary/aromatic N) is 4. The first-order valence-electron chi connectivity index (χ1n) is 7.72. The first kappa shape index (κ1) is 18.9. The summed E-state index contributed by atoms with van der Waals surface area (Å²) in [5, 5.41) is 13.4. The Bertz CT molecular complexity index is 771. The minimum absolute atomic E-state index is 0. The van der Waals surface area contributed by atoms with Crippen LogP contribution in [-0.4, -0.2) is 32.7 Å². The number of furan rings is 1. The summed E-state index contributed by atoms with van der Waals surface area (Å²) in [6.45, 7) is 3.76. The molecule has 9 heteroatoms. The second-order valence-electron chi connectivity index (χ2n) is 4.95. The molecule has 3 aromatic rings. The summed E-state index contributed by atoms with van der Waals surface area (Å²) < 4.78 is 5.28. The van der Waals surface area contributed by atoms with Crippen molar-refractivity contribution in [1.82, 2.24) is 30.8 Å². The fraction of sp³-hybridized carbons (Fsp3) is 0.250. The maximum absolute atomic E-state index is 5.28. The molecule has 8 nitrogen and oxygen atoms in total. The van der Waals surface area contributed by atoms with E-state index in [1.807, 2.05) is 31.2 Å². The van der Waals surface area contributed by atoms with E-state index in [0.29, 0.717) is 36.5 Å². The Kier molecular flexibility index (Phi) is 7.38. The molecule has 0 aliphatic rings. The Labute approximate surface area is 162 Å². The molecule has 0 saturated carbocycles. The molecule has 0 unspecified atom stereocenters. The highest BCUT2D eigenvalue weighted by atomic mass is 127. The van der Waals surface area contributed by atoms with Crippen molar-refractivity contribution >= 4 is 29.9 Å². The molecule has 0 saturated heterocycles. The second-order valence-corrected chi connectivity index (χ2v) is 4.95. The first-order chi connectivity index (χ1) is 11.8. The van der Waals surface area contributed by atoms with Crippen LogP contribution in [0.25, 0.3) is 11.6 Å². The third-order valence-electron chi connectivity index (χ3n) is 3.17. The van der Waals surface area contributed by atoms with Crippen LogP contribution in [0.2, 0.25) is 0 Å². The molecule has 25 heavy (non-hydrogen) atoms. The Morgan fingerprint density at radius 2 is 2.16 bits per heavy atom. The lowest BCUT2D eigenvalue weighted by Crippen LogP contribution is -2.37. The van der Waals surface area contributed by atoms with E-state index in [-0.39, 0.29) is 24.0 Å².